The standard InChI is InChI=1S/C20H20ClN5O/c21-17-12-14(22)7-10-16(17)20(27)23-15-8-5-13(6-9-15)19-25-24-18-4-2-1-3-11-26(18)19/h5-10,12H,1-4,11,22H2,(H,23,27). The zero-order chi connectivity index (χ0) is 18.8. The zero-order valence-corrected chi connectivity index (χ0v) is 15.5. The number of nitrogen functional groups attached to an aromatic ring is 1. The molecule has 0 aliphatic carbocycles. The lowest BCUT2D eigenvalue weighted by molar-refractivity contribution is 0.102. The Kier molecular flexibility index (Phi) is 4.81. The fraction of sp³-hybridized carbons (Fsp3) is 0.250. The maximum atomic E-state index is 12.4. The van der Waals surface area contributed by atoms with Crippen molar-refractivity contribution >= 4 is 28.9 Å². The van der Waals surface area contributed by atoms with E-state index in [2.05, 4.69) is 20.1 Å². The van der Waals surface area contributed by atoms with Crippen LogP contribution in [0.15, 0.2) is 42.5 Å². The number of hydrogen-bond acceptors (Lipinski definition) is 4. The average molecular weight is 382 g/mol. The first-order chi connectivity index (χ1) is 13.1. The van der Waals surface area contributed by atoms with E-state index < -0.39 is 0 Å². The van der Waals surface area contributed by atoms with E-state index in [4.69, 9.17) is 17.3 Å². The van der Waals surface area contributed by atoms with Crippen LogP contribution >= 0.6 is 11.6 Å². The number of hydrogen-bond donors (Lipinski definition) is 2. The van der Waals surface area contributed by atoms with E-state index in [1.165, 1.54) is 6.42 Å². The van der Waals surface area contributed by atoms with Crippen LogP contribution in [0.25, 0.3) is 11.4 Å². The van der Waals surface area contributed by atoms with Crippen molar-refractivity contribution in [3.05, 3.63) is 58.9 Å². The van der Waals surface area contributed by atoms with E-state index in [1.54, 1.807) is 18.2 Å². The third-order valence-corrected chi connectivity index (χ3v) is 5.06. The molecule has 0 unspecified atom stereocenters. The Balaban J connectivity index is 1.53. The fourth-order valence-corrected chi connectivity index (χ4v) is 3.59. The Labute approximate surface area is 162 Å². The molecule has 7 heteroatoms. The Bertz CT molecular complexity index is 981. The van der Waals surface area contributed by atoms with Gasteiger partial charge in [0.05, 0.1) is 10.6 Å². The van der Waals surface area contributed by atoms with Crippen LogP contribution in [0.3, 0.4) is 0 Å². The van der Waals surface area contributed by atoms with Crippen LogP contribution in [-0.2, 0) is 13.0 Å². The van der Waals surface area contributed by atoms with Crippen LogP contribution in [0.2, 0.25) is 5.02 Å². The van der Waals surface area contributed by atoms with Gasteiger partial charge < -0.3 is 15.6 Å². The summed E-state index contributed by atoms with van der Waals surface area (Å²) in [6.07, 6.45) is 4.51. The van der Waals surface area contributed by atoms with Gasteiger partial charge in [0.1, 0.15) is 5.82 Å². The lowest BCUT2D eigenvalue weighted by atomic mass is 10.1. The topological polar surface area (TPSA) is 85.8 Å². The Morgan fingerprint density at radius 3 is 2.67 bits per heavy atom. The number of nitrogens with one attached hydrogen (secondary N) is 1. The second-order valence-electron chi connectivity index (χ2n) is 6.67. The number of fused-ring (bicyclic) bond motifs is 1. The molecule has 4 rings (SSSR count). The molecule has 0 saturated heterocycles. The molecule has 1 aromatic heterocycles. The molecule has 1 aliphatic heterocycles. The zero-order valence-electron chi connectivity index (χ0n) is 14.8. The number of aromatic nitrogens is 3. The summed E-state index contributed by atoms with van der Waals surface area (Å²) in [6.45, 7) is 0.950. The maximum absolute atomic E-state index is 12.4. The number of carbonyl (C=O) groups excluding carboxylic acids is 1. The SMILES string of the molecule is Nc1ccc(C(=O)Nc2ccc(-c3nnc4n3CCCCC4)cc2)c(Cl)c1. The summed E-state index contributed by atoms with van der Waals surface area (Å²) in [5, 5.41) is 11.9. The largest absolute Gasteiger partial charge is 0.399 e. The predicted octanol–water partition coefficient (Wildman–Crippen LogP) is 4.16. The minimum atomic E-state index is -0.274. The molecule has 0 radical (unpaired) electrons. The highest BCUT2D eigenvalue weighted by Gasteiger charge is 2.16. The Morgan fingerprint density at radius 2 is 1.89 bits per heavy atom. The van der Waals surface area contributed by atoms with Gasteiger partial charge in [0.2, 0.25) is 0 Å². The first kappa shape index (κ1) is 17.5. The van der Waals surface area contributed by atoms with Crippen molar-refractivity contribution in [1.29, 1.82) is 0 Å². The molecular formula is C20H20ClN5O. The Hall–Kier alpha value is -2.86. The van der Waals surface area contributed by atoms with E-state index in [0.717, 1.165) is 43.0 Å². The highest BCUT2D eigenvalue weighted by atomic mass is 35.5. The first-order valence-corrected chi connectivity index (χ1v) is 9.38. The van der Waals surface area contributed by atoms with Crippen molar-refractivity contribution in [3.8, 4) is 11.4 Å². The van der Waals surface area contributed by atoms with Gasteiger partial charge in [-0.25, -0.2) is 0 Å². The molecule has 0 fully saturated rings. The van der Waals surface area contributed by atoms with E-state index in [0.29, 0.717) is 22.0 Å². The number of nitrogens with zero attached hydrogens (tertiary/aromatic N) is 3. The molecule has 1 aliphatic rings. The summed E-state index contributed by atoms with van der Waals surface area (Å²) < 4.78 is 2.20. The number of rotatable bonds is 3. The van der Waals surface area contributed by atoms with Crippen molar-refractivity contribution in [3.63, 3.8) is 0 Å². The van der Waals surface area contributed by atoms with Gasteiger partial charge in [-0.15, -0.1) is 10.2 Å². The van der Waals surface area contributed by atoms with E-state index in [-0.39, 0.29) is 5.91 Å². The molecule has 3 N–H and O–H groups in total. The average Bonchev–Trinajstić information content (AvgIpc) is 2.90. The highest BCUT2D eigenvalue weighted by molar-refractivity contribution is 6.34. The van der Waals surface area contributed by atoms with Gasteiger partial charge in [0.25, 0.3) is 5.91 Å². The minimum Gasteiger partial charge on any atom is -0.399 e. The van der Waals surface area contributed by atoms with Gasteiger partial charge in [0, 0.05) is 29.9 Å². The highest BCUT2D eigenvalue weighted by Crippen LogP contribution is 2.25. The predicted molar refractivity (Wildman–Crippen MR) is 107 cm³/mol. The Morgan fingerprint density at radius 1 is 1.07 bits per heavy atom. The first-order valence-electron chi connectivity index (χ1n) is 9.01. The van der Waals surface area contributed by atoms with Gasteiger partial charge in [0.15, 0.2) is 5.82 Å². The van der Waals surface area contributed by atoms with Gasteiger partial charge in [-0.1, -0.05) is 18.0 Å². The van der Waals surface area contributed by atoms with Crippen LogP contribution in [0.4, 0.5) is 11.4 Å². The summed E-state index contributed by atoms with van der Waals surface area (Å²) >= 11 is 6.11. The minimum absolute atomic E-state index is 0.274. The van der Waals surface area contributed by atoms with Gasteiger partial charge >= 0.3 is 0 Å². The van der Waals surface area contributed by atoms with Gasteiger partial charge in [-0.05, 0) is 55.3 Å². The third-order valence-electron chi connectivity index (χ3n) is 4.75. The molecule has 138 valence electrons. The monoisotopic (exact) mass is 381 g/mol. The molecule has 0 bridgehead atoms. The van der Waals surface area contributed by atoms with E-state index in [9.17, 15) is 4.79 Å². The number of anilines is 2. The molecule has 0 spiro atoms. The molecule has 3 aromatic rings. The van der Waals surface area contributed by atoms with Crippen LogP contribution in [0, 0.1) is 0 Å². The summed E-state index contributed by atoms with van der Waals surface area (Å²) in [4.78, 5) is 12.4. The molecule has 27 heavy (non-hydrogen) atoms. The normalized spacial score (nSPS) is 13.7. The summed E-state index contributed by atoms with van der Waals surface area (Å²) in [5.41, 5.74) is 8.25. The van der Waals surface area contributed by atoms with Crippen LogP contribution < -0.4 is 11.1 Å². The fourth-order valence-electron chi connectivity index (χ4n) is 3.32. The quantitative estimate of drug-likeness (QED) is 0.667. The second kappa shape index (κ2) is 7.40. The molecule has 2 heterocycles. The van der Waals surface area contributed by atoms with Gasteiger partial charge in [-0.3, -0.25) is 4.79 Å². The molecule has 1 amide bonds. The van der Waals surface area contributed by atoms with Crippen LogP contribution in [0.5, 0.6) is 0 Å². The summed E-state index contributed by atoms with van der Waals surface area (Å²) in [7, 11) is 0. The number of halogens is 1. The van der Waals surface area contributed by atoms with E-state index >= 15 is 0 Å². The smallest absolute Gasteiger partial charge is 0.257 e. The van der Waals surface area contributed by atoms with Crippen molar-refractivity contribution in [2.45, 2.75) is 32.2 Å². The van der Waals surface area contributed by atoms with Crippen molar-refractivity contribution in [1.82, 2.24) is 14.8 Å². The van der Waals surface area contributed by atoms with Crippen LogP contribution in [-0.4, -0.2) is 20.7 Å². The number of carbonyl (C=O) groups is 1. The number of aryl methyl sites for hydroxylation is 1. The van der Waals surface area contributed by atoms with E-state index in [1.807, 2.05) is 24.3 Å². The molecular weight excluding hydrogens is 362 g/mol. The molecule has 0 atom stereocenters. The summed E-state index contributed by atoms with van der Waals surface area (Å²) in [5.74, 6) is 1.66. The summed E-state index contributed by atoms with van der Waals surface area (Å²) in [6, 6.07) is 12.4. The second-order valence-corrected chi connectivity index (χ2v) is 7.08. The number of benzene rings is 2. The number of amides is 1. The lowest BCUT2D eigenvalue weighted by Crippen LogP contribution is -2.12. The van der Waals surface area contributed by atoms with Crippen LogP contribution in [0.1, 0.15) is 35.4 Å². The number of nitrogens with two attached hydrogens (primary N) is 1. The van der Waals surface area contributed by atoms with Crippen molar-refractivity contribution in [2.24, 2.45) is 0 Å². The van der Waals surface area contributed by atoms with Crippen molar-refractivity contribution < 1.29 is 4.79 Å². The molecule has 0 saturated carbocycles. The molecule has 2 aromatic carbocycles. The maximum Gasteiger partial charge on any atom is 0.257 e. The third kappa shape index (κ3) is 3.66. The molecule has 6 nitrogen and oxygen atoms in total. The van der Waals surface area contributed by atoms with Crippen molar-refractivity contribution in [2.75, 3.05) is 11.1 Å². The lowest BCUT2D eigenvalue weighted by Gasteiger charge is -2.09. The van der Waals surface area contributed by atoms with Gasteiger partial charge in [-0.2, -0.15) is 0 Å².